The van der Waals surface area contributed by atoms with Gasteiger partial charge in [0.05, 0.1) is 27.4 Å². The van der Waals surface area contributed by atoms with Crippen LogP contribution in [0.25, 0.3) is 0 Å². The highest BCUT2D eigenvalue weighted by molar-refractivity contribution is 9.10. The van der Waals surface area contributed by atoms with Gasteiger partial charge in [0.1, 0.15) is 5.82 Å². The molecule has 1 N–H and O–H groups in total. The molecule has 0 radical (unpaired) electrons. The van der Waals surface area contributed by atoms with Gasteiger partial charge in [0.2, 0.25) is 0 Å². The molecule has 1 heterocycles. The van der Waals surface area contributed by atoms with E-state index >= 15 is 0 Å². The normalized spacial score (nSPS) is 10.7. The molecule has 2 rings (SSSR count). The smallest absolute Gasteiger partial charge is 0.139 e. The minimum absolute atomic E-state index is 0.299. The Bertz CT molecular complexity index is 583. The van der Waals surface area contributed by atoms with Gasteiger partial charge in [0, 0.05) is 12.7 Å². The van der Waals surface area contributed by atoms with E-state index in [9.17, 15) is 4.39 Å². The second-order valence-electron chi connectivity index (χ2n) is 3.95. The zero-order chi connectivity index (χ0) is 13.3. The van der Waals surface area contributed by atoms with Gasteiger partial charge < -0.3 is 5.32 Å². The average Bonchev–Trinajstić information content (AvgIpc) is 2.56. The summed E-state index contributed by atoms with van der Waals surface area (Å²) >= 11 is 9.25. The minimum atomic E-state index is -0.299. The molecule has 2 aromatic rings. The van der Waals surface area contributed by atoms with Crippen LogP contribution in [0.2, 0.25) is 5.02 Å². The maximum Gasteiger partial charge on any atom is 0.139 e. The highest BCUT2D eigenvalue weighted by Gasteiger charge is 2.10. The number of aryl methyl sites for hydroxylation is 2. The van der Waals surface area contributed by atoms with Gasteiger partial charge in [-0.1, -0.05) is 11.6 Å². The van der Waals surface area contributed by atoms with Crippen molar-refractivity contribution in [2.75, 3.05) is 5.32 Å². The lowest BCUT2D eigenvalue weighted by Gasteiger charge is -2.08. The van der Waals surface area contributed by atoms with Crippen molar-refractivity contribution in [1.82, 2.24) is 9.78 Å². The lowest BCUT2D eigenvalue weighted by molar-refractivity contribution is 0.621. The summed E-state index contributed by atoms with van der Waals surface area (Å²) in [5.74, 6) is -0.299. The molecule has 1 aromatic carbocycles. The Morgan fingerprint density at radius 1 is 1.50 bits per heavy atom. The Hall–Kier alpha value is -1.07. The van der Waals surface area contributed by atoms with Crippen molar-refractivity contribution in [2.45, 2.75) is 13.5 Å². The van der Waals surface area contributed by atoms with Crippen LogP contribution < -0.4 is 5.32 Å². The number of benzene rings is 1. The fraction of sp³-hybridized carbons (Fsp3) is 0.250. The summed E-state index contributed by atoms with van der Waals surface area (Å²) in [6.07, 6.45) is 0. The van der Waals surface area contributed by atoms with Crippen LogP contribution in [-0.4, -0.2) is 9.78 Å². The Balaban J connectivity index is 2.14. The van der Waals surface area contributed by atoms with E-state index in [0.717, 1.165) is 11.4 Å². The topological polar surface area (TPSA) is 29.9 Å². The van der Waals surface area contributed by atoms with Gasteiger partial charge in [-0.25, -0.2) is 4.39 Å². The number of anilines is 1. The van der Waals surface area contributed by atoms with E-state index in [2.05, 4.69) is 26.3 Å². The van der Waals surface area contributed by atoms with Gasteiger partial charge in [-0.2, -0.15) is 5.10 Å². The summed E-state index contributed by atoms with van der Waals surface area (Å²) < 4.78 is 15.5. The number of nitrogens with one attached hydrogen (secondary N) is 1. The summed E-state index contributed by atoms with van der Waals surface area (Å²) in [5.41, 5.74) is 2.36. The molecule has 0 aliphatic rings. The quantitative estimate of drug-likeness (QED) is 0.924. The number of rotatable bonds is 3. The Labute approximate surface area is 118 Å². The van der Waals surface area contributed by atoms with Crippen LogP contribution in [0.3, 0.4) is 0 Å². The summed E-state index contributed by atoms with van der Waals surface area (Å²) in [6, 6.07) is 4.89. The molecule has 0 bridgehead atoms. The molecule has 0 fully saturated rings. The average molecular weight is 333 g/mol. The van der Waals surface area contributed by atoms with Gasteiger partial charge in [-0.15, -0.1) is 0 Å². The van der Waals surface area contributed by atoms with Crippen LogP contribution in [0.15, 0.2) is 22.7 Å². The summed E-state index contributed by atoms with van der Waals surface area (Å²) in [4.78, 5) is 0. The highest BCUT2D eigenvalue weighted by atomic mass is 79.9. The van der Waals surface area contributed by atoms with Gasteiger partial charge in [-0.05, 0) is 41.1 Å². The van der Waals surface area contributed by atoms with Crippen LogP contribution in [0.4, 0.5) is 10.1 Å². The summed E-state index contributed by atoms with van der Waals surface area (Å²) in [5, 5.41) is 7.98. The molecule has 96 valence electrons. The number of hydrogen-bond donors (Lipinski definition) is 1. The van der Waals surface area contributed by atoms with E-state index in [1.54, 1.807) is 16.8 Å². The molecule has 0 atom stereocenters. The molecule has 0 saturated carbocycles. The van der Waals surface area contributed by atoms with Crippen molar-refractivity contribution in [2.24, 2.45) is 7.05 Å². The van der Waals surface area contributed by atoms with E-state index in [-0.39, 0.29) is 5.82 Å². The van der Waals surface area contributed by atoms with E-state index in [1.165, 1.54) is 6.07 Å². The lowest BCUT2D eigenvalue weighted by Crippen LogP contribution is -2.06. The molecule has 0 unspecified atom stereocenters. The van der Waals surface area contributed by atoms with E-state index in [0.29, 0.717) is 21.7 Å². The van der Waals surface area contributed by atoms with Gasteiger partial charge >= 0.3 is 0 Å². The van der Waals surface area contributed by atoms with Crippen molar-refractivity contribution in [3.8, 4) is 0 Å². The second kappa shape index (κ2) is 5.28. The molecular formula is C12H12BrClFN3. The monoisotopic (exact) mass is 331 g/mol. The standard InChI is InChI=1S/C12H12BrClFN3/c1-7-12(14)11(18(2)17-7)6-16-8-3-4-9(13)10(15)5-8/h3-5,16H,6H2,1-2H3. The van der Waals surface area contributed by atoms with Crippen LogP contribution in [-0.2, 0) is 13.6 Å². The van der Waals surface area contributed by atoms with E-state index in [1.807, 2.05) is 14.0 Å². The third-order valence-corrected chi connectivity index (χ3v) is 3.78. The Morgan fingerprint density at radius 2 is 2.22 bits per heavy atom. The lowest BCUT2D eigenvalue weighted by atomic mass is 10.3. The molecule has 0 aliphatic carbocycles. The first-order valence-electron chi connectivity index (χ1n) is 5.36. The predicted molar refractivity (Wildman–Crippen MR) is 74.4 cm³/mol. The minimum Gasteiger partial charge on any atom is -0.379 e. The number of aromatic nitrogens is 2. The first-order chi connectivity index (χ1) is 8.49. The van der Waals surface area contributed by atoms with E-state index < -0.39 is 0 Å². The molecular weight excluding hydrogens is 321 g/mol. The largest absolute Gasteiger partial charge is 0.379 e. The molecule has 0 aliphatic heterocycles. The maximum absolute atomic E-state index is 13.3. The number of hydrogen-bond acceptors (Lipinski definition) is 2. The Kier molecular flexibility index (Phi) is 3.92. The van der Waals surface area contributed by atoms with Crippen molar-refractivity contribution >= 4 is 33.2 Å². The van der Waals surface area contributed by atoms with Gasteiger partial charge in [0.25, 0.3) is 0 Å². The molecule has 18 heavy (non-hydrogen) atoms. The third kappa shape index (κ3) is 2.67. The Morgan fingerprint density at radius 3 is 2.78 bits per heavy atom. The zero-order valence-corrected chi connectivity index (χ0v) is 12.3. The fourth-order valence-corrected chi connectivity index (χ4v) is 2.14. The van der Waals surface area contributed by atoms with Gasteiger partial charge in [0.15, 0.2) is 0 Å². The second-order valence-corrected chi connectivity index (χ2v) is 5.18. The highest BCUT2D eigenvalue weighted by Crippen LogP contribution is 2.22. The summed E-state index contributed by atoms with van der Waals surface area (Å²) in [6.45, 7) is 2.35. The number of nitrogens with zero attached hydrogens (tertiary/aromatic N) is 2. The first kappa shape index (κ1) is 13.4. The molecule has 6 heteroatoms. The SMILES string of the molecule is Cc1nn(C)c(CNc2ccc(Br)c(F)c2)c1Cl. The van der Waals surface area contributed by atoms with Gasteiger partial charge in [-0.3, -0.25) is 4.68 Å². The van der Waals surface area contributed by atoms with Crippen LogP contribution in [0.1, 0.15) is 11.4 Å². The van der Waals surface area contributed by atoms with Crippen molar-refractivity contribution < 1.29 is 4.39 Å². The predicted octanol–water partition coefficient (Wildman–Crippen LogP) is 3.90. The number of halogens is 3. The van der Waals surface area contributed by atoms with E-state index in [4.69, 9.17) is 11.6 Å². The maximum atomic E-state index is 13.3. The van der Waals surface area contributed by atoms with Crippen LogP contribution >= 0.6 is 27.5 Å². The van der Waals surface area contributed by atoms with Crippen LogP contribution in [0, 0.1) is 12.7 Å². The van der Waals surface area contributed by atoms with Crippen molar-refractivity contribution in [3.05, 3.63) is 44.9 Å². The zero-order valence-electron chi connectivity index (χ0n) is 9.97. The molecule has 0 amide bonds. The van der Waals surface area contributed by atoms with Crippen molar-refractivity contribution in [3.63, 3.8) is 0 Å². The first-order valence-corrected chi connectivity index (χ1v) is 6.53. The third-order valence-electron chi connectivity index (χ3n) is 2.64. The molecule has 0 saturated heterocycles. The summed E-state index contributed by atoms with van der Waals surface area (Å²) in [7, 11) is 1.83. The van der Waals surface area contributed by atoms with Crippen molar-refractivity contribution in [1.29, 1.82) is 0 Å². The molecule has 0 spiro atoms. The van der Waals surface area contributed by atoms with Crippen LogP contribution in [0.5, 0.6) is 0 Å². The molecule has 1 aromatic heterocycles. The molecule has 3 nitrogen and oxygen atoms in total. The fourth-order valence-electron chi connectivity index (χ4n) is 1.66.